The van der Waals surface area contributed by atoms with Crippen molar-refractivity contribution in [2.75, 3.05) is 6.61 Å². The summed E-state index contributed by atoms with van der Waals surface area (Å²) in [5.74, 6) is -0.332. The number of aliphatic hydroxyl groups is 1. The van der Waals surface area contributed by atoms with Crippen molar-refractivity contribution < 1.29 is 9.50 Å². The van der Waals surface area contributed by atoms with Crippen LogP contribution in [0.5, 0.6) is 0 Å². The third kappa shape index (κ3) is 3.86. The summed E-state index contributed by atoms with van der Waals surface area (Å²) in [4.78, 5) is 20.6. The predicted molar refractivity (Wildman–Crippen MR) is 95.1 cm³/mol. The van der Waals surface area contributed by atoms with Gasteiger partial charge in [-0.15, -0.1) is 0 Å². The molecule has 0 unspecified atom stereocenters. The van der Waals surface area contributed by atoms with Crippen LogP contribution < -0.4 is 5.56 Å². The average molecular weight is 362 g/mol. The maximum Gasteiger partial charge on any atom is 0.258 e. The molecule has 0 bridgehead atoms. The molecule has 3 rings (SSSR count). The first-order chi connectivity index (χ1) is 12.1. The van der Waals surface area contributed by atoms with Gasteiger partial charge in [-0.05, 0) is 42.8 Å². The molecule has 25 heavy (non-hydrogen) atoms. The number of nitrogens with zero attached hydrogens (tertiary/aromatic N) is 3. The van der Waals surface area contributed by atoms with Crippen LogP contribution in [-0.2, 0) is 6.54 Å². The highest BCUT2D eigenvalue weighted by Crippen LogP contribution is 2.24. The molecule has 7 heteroatoms. The van der Waals surface area contributed by atoms with E-state index in [0.717, 1.165) is 12.8 Å². The summed E-state index contributed by atoms with van der Waals surface area (Å²) in [6.45, 7) is 0.686. The van der Waals surface area contributed by atoms with E-state index in [4.69, 9.17) is 16.7 Å². The lowest BCUT2D eigenvalue weighted by Gasteiger charge is -2.09. The lowest BCUT2D eigenvalue weighted by Crippen LogP contribution is -2.19. The first kappa shape index (κ1) is 17.5. The fourth-order valence-corrected chi connectivity index (χ4v) is 2.77. The number of aryl methyl sites for hydroxylation is 1. The smallest absolute Gasteiger partial charge is 0.258 e. The van der Waals surface area contributed by atoms with Gasteiger partial charge in [0.2, 0.25) is 0 Å². The van der Waals surface area contributed by atoms with Crippen LogP contribution in [0, 0.1) is 5.82 Å². The van der Waals surface area contributed by atoms with Crippen molar-refractivity contribution in [3.63, 3.8) is 0 Å². The zero-order chi connectivity index (χ0) is 17.8. The van der Waals surface area contributed by atoms with Crippen molar-refractivity contribution in [2.24, 2.45) is 0 Å². The topological polar surface area (TPSA) is 68.0 Å². The second kappa shape index (κ2) is 7.72. The molecule has 0 atom stereocenters. The zero-order valence-corrected chi connectivity index (χ0v) is 14.2. The Morgan fingerprint density at radius 1 is 1.16 bits per heavy atom. The van der Waals surface area contributed by atoms with Gasteiger partial charge in [0.05, 0.1) is 16.0 Å². The van der Waals surface area contributed by atoms with Crippen LogP contribution in [0.15, 0.2) is 41.6 Å². The average Bonchev–Trinajstić information content (AvgIpc) is 2.61. The molecular weight excluding hydrogens is 345 g/mol. The molecule has 1 N–H and O–H groups in total. The van der Waals surface area contributed by atoms with E-state index in [1.807, 2.05) is 0 Å². The van der Waals surface area contributed by atoms with E-state index in [2.05, 4.69) is 9.97 Å². The van der Waals surface area contributed by atoms with Gasteiger partial charge in [0.1, 0.15) is 5.82 Å². The van der Waals surface area contributed by atoms with Crippen molar-refractivity contribution >= 4 is 22.4 Å². The van der Waals surface area contributed by atoms with E-state index in [0.29, 0.717) is 28.8 Å². The van der Waals surface area contributed by atoms with Crippen LogP contribution in [0.2, 0.25) is 5.02 Å². The number of fused-ring (bicyclic) bond motifs is 1. The van der Waals surface area contributed by atoms with Crippen molar-refractivity contribution in [3.05, 3.63) is 58.0 Å². The fourth-order valence-electron chi connectivity index (χ4n) is 2.68. The number of pyridine rings is 1. The highest BCUT2D eigenvalue weighted by atomic mass is 35.5. The third-order valence-electron chi connectivity index (χ3n) is 3.98. The van der Waals surface area contributed by atoms with Crippen LogP contribution in [0.1, 0.15) is 19.3 Å². The van der Waals surface area contributed by atoms with E-state index in [1.165, 1.54) is 18.5 Å². The maximum absolute atomic E-state index is 14.5. The number of rotatable bonds is 6. The Hall–Kier alpha value is -2.31. The van der Waals surface area contributed by atoms with Gasteiger partial charge < -0.3 is 9.67 Å². The van der Waals surface area contributed by atoms with E-state index in [9.17, 15) is 9.18 Å². The molecule has 0 fully saturated rings. The Morgan fingerprint density at radius 2 is 1.92 bits per heavy atom. The Balaban J connectivity index is 1.96. The number of benzene rings is 1. The Labute approximate surface area is 148 Å². The molecule has 0 aliphatic rings. The summed E-state index contributed by atoms with van der Waals surface area (Å²) in [6.07, 6.45) is 6.83. The molecule has 1 aromatic carbocycles. The second-order valence-corrected chi connectivity index (χ2v) is 6.18. The zero-order valence-electron chi connectivity index (χ0n) is 13.5. The number of halogens is 2. The second-order valence-electron chi connectivity index (χ2n) is 5.74. The molecule has 5 nitrogen and oxygen atoms in total. The van der Waals surface area contributed by atoms with Gasteiger partial charge in [-0.3, -0.25) is 4.79 Å². The van der Waals surface area contributed by atoms with E-state index in [1.54, 1.807) is 22.9 Å². The SMILES string of the molecule is O=c1c2cc(F)c(-c3ncc(Cl)cn3)cc2ccn1CCCCCO. The van der Waals surface area contributed by atoms with E-state index >= 15 is 0 Å². The molecule has 0 saturated carbocycles. The Bertz CT molecular complexity index is 941. The van der Waals surface area contributed by atoms with Gasteiger partial charge in [0.25, 0.3) is 5.56 Å². The molecule has 0 aliphatic carbocycles. The summed E-state index contributed by atoms with van der Waals surface area (Å²) in [6, 6.07) is 4.59. The van der Waals surface area contributed by atoms with Crippen LogP contribution in [0.3, 0.4) is 0 Å². The van der Waals surface area contributed by atoms with Gasteiger partial charge in [-0.25, -0.2) is 14.4 Å². The molecule has 2 aromatic heterocycles. The highest BCUT2D eigenvalue weighted by Gasteiger charge is 2.12. The molecule has 0 radical (unpaired) electrons. The van der Waals surface area contributed by atoms with E-state index < -0.39 is 5.82 Å². The number of hydrogen-bond acceptors (Lipinski definition) is 4. The van der Waals surface area contributed by atoms with Gasteiger partial charge >= 0.3 is 0 Å². The molecule has 0 aliphatic heterocycles. The third-order valence-corrected chi connectivity index (χ3v) is 4.18. The molecule has 0 amide bonds. The number of aromatic nitrogens is 3. The lowest BCUT2D eigenvalue weighted by atomic mass is 10.1. The molecular formula is C18H17ClFN3O2. The lowest BCUT2D eigenvalue weighted by molar-refractivity contribution is 0.281. The summed E-state index contributed by atoms with van der Waals surface area (Å²) in [5.41, 5.74) is -0.00626. The van der Waals surface area contributed by atoms with Crippen LogP contribution >= 0.6 is 11.6 Å². The largest absolute Gasteiger partial charge is 0.396 e. The number of aliphatic hydroxyl groups excluding tert-OH is 1. The van der Waals surface area contributed by atoms with Crippen molar-refractivity contribution in [3.8, 4) is 11.4 Å². The van der Waals surface area contributed by atoms with E-state index in [-0.39, 0.29) is 23.6 Å². The highest BCUT2D eigenvalue weighted by molar-refractivity contribution is 6.30. The molecule has 2 heterocycles. The Kier molecular flexibility index (Phi) is 5.40. The predicted octanol–water partition coefficient (Wildman–Crippen LogP) is 3.41. The summed E-state index contributed by atoms with van der Waals surface area (Å²) < 4.78 is 16.0. The normalized spacial score (nSPS) is 11.2. The van der Waals surface area contributed by atoms with Crippen molar-refractivity contribution in [2.45, 2.75) is 25.8 Å². The first-order valence-electron chi connectivity index (χ1n) is 8.01. The molecule has 0 saturated heterocycles. The molecule has 0 spiro atoms. The molecule has 130 valence electrons. The van der Waals surface area contributed by atoms with Gasteiger partial charge in [-0.1, -0.05) is 11.6 Å². The minimum atomic E-state index is -0.551. The Morgan fingerprint density at radius 3 is 2.64 bits per heavy atom. The first-order valence-corrected chi connectivity index (χ1v) is 8.39. The maximum atomic E-state index is 14.5. The van der Waals surface area contributed by atoms with Crippen LogP contribution in [0.4, 0.5) is 4.39 Å². The van der Waals surface area contributed by atoms with Gasteiger partial charge in [0, 0.05) is 31.7 Å². The fraction of sp³-hybridized carbons (Fsp3) is 0.278. The quantitative estimate of drug-likeness (QED) is 0.683. The summed E-state index contributed by atoms with van der Waals surface area (Å²) in [5, 5.41) is 10.1. The standard InChI is InChI=1S/C18H17ClFN3O2/c19-13-10-21-17(22-11-13)15-8-12-4-6-23(5-2-1-3-7-24)18(25)14(12)9-16(15)20/h4,6,8-11,24H,1-3,5,7H2. The van der Waals surface area contributed by atoms with Gasteiger partial charge in [-0.2, -0.15) is 0 Å². The van der Waals surface area contributed by atoms with Crippen molar-refractivity contribution in [1.82, 2.24) is 14.5 Å². The number of hydrogen-bond donors (Lipinski definition) is 1. The summed E-state index contributed by atoms with van der Waals surface area (Å²) >= 11 is 5.76. The summed E-state index contributed by atoms with van der Waals surface area (Å²) in [7, 11) is 0. The minimum Gasteiger partial charge on any atom is -0.396 e. The number of unbranched alkanes of at least 4 members (excludes halogenated alkanes) is 2. The minimum absolute atomic E-state index is 0.146. The molecule has 3 aromatic rings. The van der Waals surface area contributed by atoms with Gasteiger partial charge in [0.15, 0.2) is 5.82 Å². The van der Waals surface area contributed by atoms with Crippen LogP contribution in [-0.4, -0.2) is 26.2 Å². The van der Waals surface area contributed by atoms with Crippen molar-refractivity contribution in [1.29, 1.82) is 0 Å². The monoisotopic (exact) mass is 361 g/mol. The van der Waals surface area contributed by atoms with Crippen LogP contribution in [0.25, 0.3) is 22.2 Å².